The SMILES string of the molecule is CC1=C2c3ccccc3C(c3ccccc3)(C3CCCC3)N2C(c2ccccc2)N1c1ccccc1C. The lowest BCUT2D eigenvalue weighted by Crippen LogP contribution is -2.49. The van der Waals surface area contributed by atoms with Crippen molar-refractivity contribution in [2.75, 3.05) is 4.90 Å². The Kier molecular flexibility index (Phi) is 5.25. The van der Waals surface area contributed by atoms with Crippen LogP contribution in [0.4, 0.5) is 5.69 Å². The Bertz CT molecular complexity index is 1470. The molecule has 0 N–H and O–H groups in total. The van der Waals surface area contributed by atoms with E-state index in [-0.39, 0.29) is 11.7 Å². The van der Waals surface area contributed by atoms with Crippen LogP contribution in [0.1, 0.15) is 66.6 Å². The predicted molar refractivity (Wildman–Crippen MR) is 153 cm³/mol. The molecular weight excluding hydrogens is 448 g/mol. The van der Waals surface area contributed by atoms with E-state index < -0.39 is 0 Å². The smallest absolute Gasteiger partial charge is 0.133 e. The van der Waals surface area contributed by atoms with E-state index >= 15 is 0 Å². The molecule has 0 spiro atoms. The largest absolute Gasteiger partial charge is 0.331 e. The molecule has 2 nitrogen and oxygen atoms in total. The molecule has 2 unspecified atom stereocenters. The number of hydrogen-bond donors (Lipinski definition) is 0. The number of para-hydroxylation sites is 1. The number of allylic oxidation sites excluding steroid dienone is 1. The second-order valence-electron chi connectivity index (χ2n) is 10.9. The molecule has 4 aromatic carbocycles. The lowest BCUT2D eigenvalue weighted by molar-refractivity contribution is 0.106. The van der Waals surface area contributed by atoms with Gasteiger partial charge in [-0.05, 0) is 60.9 Å². The van der Waals surface area contributed by atoms with Crippen LogP contribution in [0.15, 0.2) is 115 Å². The van der Waals surface area contributed by atoms with Gasteiger partial charge in [-0.25, -0.2) is 0 Å². The quantitative estimate of drug-likeness (QED) is 0.287. The van der Waals surface area contributed by atoms with Gasteiger partial charge in [-0.15, -0.1) is 0 Å². The van der Waals surface area contributed by atoms with Gasteiger partial charge in [0.05, 0.1) is 11.2 Å². The monoisotopic (exact) mass is 482 g/mol. The molecule has 0 aromatic heterocycles. The van der Waals surface area contributed by atoms with Gasteiger partial charge in [0.25, 0.3) is 0 Å². The van der Waals surface area contributed by atoms with E-state index in [0.29, 0.717) is 5.92 Å². The predicted octanol–water partition coefficient (Wildman–Crippen LogP) is 8.65. The van der Waals surface area contributed by atoms with Crippen molar-refractivity contribution in [3.8, 4) is 0 Å². The summed E-state index contributed by atoms with van der Waals surface area (Å²) >= 11 is 0. The van der Waals surface area contributed by atoms with Gasteiger partial charge in [0.1, 0.15) is 6.17 Å². The molecule has 0 radical (unpaired) electrons. The maximum atomic E-state index is 2.83. The summed E-state index contributed by atoms with van der Waals surface area (Å²) in [6.07, 6.45) is 5.22. The first kappa shape index (κ1) is 22.4. The minimum Gasteiger partial charge on any atom is -0.331 e. The van der Waals surface area contributed by atoms with Crippen molar-refractivity contribution < 1.29 is 0 Å². The molecule has 2 aliphatic heterocycles. The first-order valence-corrected chi connectivity index (χ1v) is 13.8. The molecule has 1 aliphatic carbocycles. The van der Waals surface area contributed by atoms with Crippen LogP contribution in [-0.2, 0) is 5.54 Å². The van der Waals surface area contributed by atoms with E-state index in [1.54, 1.807) is 0 Å². The van der Waals surface area contributed by atoms with Crippen molar-refractivity contribution in [1.82, 2.24) is 4.90 Å². The Morgan fingerprint density at radius 3 is 2.03 bits per heavy atom. The standard InChI is InChI=1S/C35H34N2/c1-25-15-9-14-24-32(25)36-26(2)33-30-22-12-13-23-31(30)35(29-20-10-11-21-29,28-18-7-4-8-19-28)37(33)34(36)27-16-5-3-6-17-27/h3-9,12-19,22-24,29,34H,10-11,20-21H2,1-2H3. The van der Waals surface area contributed by atoms with Crippen LogP contribution in [0.5, 0.6) is 0 Å². The van der Waals surface area contributed by atoms with Crippen molar-refractivity contribution in [3.63, 3.8) is 0 Å². The lowest BCUT2D eigenvalue weighted by atomic mass is 9.71. The summed E-state index contributed by atoms with van der Waals surface area (Å²) in [5, 5.41) is 0. The maximum Gasteiger partial charge on any atom is 0.133 e. The van der Waals surface area contributed by atoms with Gasteiger partial charge in [-0.2, -0.15) is 0 Å². The highest BCUT2D eigenvalue weighted by molar-refractivity contribution is 5.84. The molecule has 3 aliphatic rings. The summed E-state index contributed by atoms with van der Waals surface area (Å²) in [5.74, 6) is 0.560. The normalized spacial score (nSPS) is 23.0. The lowest BCUT2D eigenvalue weighted by Gasteiger charge is -2.49. The number of aryl methyl sites for hydroxylation is 1. The molecule has 184 valence electrons. The van der Waals surface area contributed by atoms with E-state index in [4.69, 9.17) is 0 Å². The summed E-state index contributed by atoms with van der Waals surface area (Å²) in [6, 6.07) is 40.7. The Labute approximate surface area is 220 Å². The molecule has 7 rings (SSSR count). The third-order valence-electron chi connectivity index (χ3n) is 9.04. The Balaban J connectivity index is 1.58. The molecule has 1 fully saturated rings. The number of rotatable bonds is 4. The second-order valence-corrected chi connectivity index (χ2v) is 10.9. The first-order chi connectivity index (χ1) is 18.2. The second kappa shape index (κ2) is 8.66. The zero-order chi connectivity index (χ0) is 25.0. The topological polar surface area (TPSA) is 6.48 Å². The summed E-state index contributed by atoms with van der Waals surface area (Å²) < 4.78 is 0. The summed E-state index contributed by atoms with van der Waals surface area (Å²) in [4.78, 5) is 5.45. The van der Waals surface area contributed by atoms with E-state index in [1.165, 1.54) is 70.6 Å². The van der Waals surface area contributed by atoms with Crippen LogP contribution in [0.3, 0.4) is 0 Å². The van der Waals surface area contributed by atoms with Crippen molar-refractivity contribution in [1.29, 1.82) is 0 Å². The molecule has 1 saturated carbocycles. The van der Waals surface area contributed by atoms with Crippen LogP contribution in [0.2, 0.25) is 0 Å². The fraction of sp³-hybridized carbons (Fsp3) is 0.257. The van der Waals surface area contributed by atoms with Gasteiger partial charge in [-0.3, -0.25) is 0 Å². The fourth-order valence-corrected chi connectivity index (χ4v) is 7.61. The summed E-state index contributed by atoms with van der Waals surface area (Å²) in [7, 11) is 0. The van der Waals surface area contributed by atoms with Gasteiger partial charge in [0, 0.05) is 16.9 Å². The van der Waals surface area contributed by atoms with Crippen LogP contribution in [0, 0.1) is 12.8 Å². The van der Waals surface area contributed by atoms with Crippen LogP contribution in [-0.4, -0.2) is 4.90 Å². The number of fused-ring (bicyclic) bond motifs is 3. The highest BCUT2D eigenvalue weighted by Crippen LogP contribution is 2.64. The molecular formula is C35H34N2. The van der Waals surface area contributed by atoms with Crippen molar-refractivity contribution in [3.05, 3.63) is 143 Å². The third kappa shape index (κ3) is 3.11. The molecule has 0 amide bonds. The molecule has 37 heavy (non-hydrogen) atoms. The number of anilines is 1. The van der Waals surface area contributed by atoms with Crippen LogP contribution >= 0.6 is 0 Å². The van der Waals surface area contributed by atoms with Crippen molar-refractivity contribution in [2.45, 2.75) is 51.2 Å². The highest BCUT2D eigenvalue weighted by atomic mass is 15.5. The zero-order valence-corrected chi connectivity index (χ0v) is 21.8. The molecule has 2 atom stereocenters. The van der Waals surface area contributed by atoms with Gasteiger partial charge < -0.3 is 9.80 Å². The Hall–Kier alpha value is -3.78. The average Bonchev–Trinajstić information content (AvgIpc) is 3.65. The molecule has 4 aromatic rings. The Morgan fingerprint density at radius 1 is 0.676 bits per heavy atom. The minimum atomic E-state index is -0.205. The van der Waals surface area contributed by atoms with Gasteiger partial charge in [-0.1, -0.05) is 116 Å². The maximum absolute atomic E-state index is 2.83. The van der Waals surface area contributed by atoms with Crippen LogP contribution < -0.4 is 4.90 Å². The van der Waals surface area contributed by atoms with E-state index in [1.807, 2.05) is 0 Å². The first-order valence-electron chi connectivity index (χ1n) is 13.8. The highest BCUT2D eigenvalue weighted by Gasteiger charge is 2.60. The fourth-order valence-electron chi connectivity index (χ4n) is 7.61. The number of benzene rings is 4. The number of nitrogens with zero attached hydrogens (tertiary/aromatic N) is 2. The van der Waals surface area contributed by atoms with E-state index in [0.717, 1.165) is 0 Å². The number of hydrogen-bond acceptors (Lipinski definition) is 2. The Morgan fingerprint density at radius 2 is 1.30 bits per heavy atom. The van der Waals surface area contributed by atoms with Crippen molar-refractivity contribution in [2.24, 2.45) is 5.92 Å². The summed E-state index contributed by atoms with van der Waals surface area (Å²) in [5.41, 5.74) is 10.8. The van der Waals surface area contributed by atoms with Gasteiger partial charge in [0.2, 0.25) is 0 Å². The molecule has 2 heteroatoms. The van der Waals surface area contributed by atoms with Gasteiger partial charge >= 0.3 is 0 Å². The van der Waals surface area contributed by atoms with Crippen molar-refractivity contribution >= 4 is 11.4 Å². The summed E-state index contributed by atoms with van der Waals surface area (Å²) in [6.45, 7) is 4.58. The van der Waals surface area contributed by atoms with Gasteiger partial charge in [0.15, 0.2) is 0 Å². The van der Waals surface area contributed by atoms with Crippen LogP contribution in [0.25, 0.3) is 5.70 Å². The average molecular weight is 483 g/mol. The van der Waals surface area contributed by atoms with E-state index in [9.17, 15) is 0 Å². The molecule has 2 heterocycles. The van der Waals surface area contributed by atoms with E-state index in [2.05, 4.69) is 133 Å². The minimum absolute atomic E-state index is 0.0745. The third-order valence-corrected chi connectivity index (χ3v) is 9.04. The molecule has 0 bridgehead atoms. The molecule has 0 saturated heterocycles. The zero-order valence-electron chi connectivity index (χ0n) is 21.8.